The van der Waals surface area contributed by atoms with Gasteiger partial charge < -0.3 is 4.74 Å². The third-order valence-electron chi connectivity index (χ3n) is 3.09. The van der Waals surface area contributed by atoms with Crippen molar-refractivity contribution in [1.82, 2.24) is 0 Å². The van der Waals surface area contributed by atoms with Crippen molar-refractivity contribution in [1.29, 1.82) is 5.26 Å². The molecule has 1 fully saturated rings. The Hall–Kier alpha value is -2.11. The Kier molecular flexibility index (Phi) is 2.21. The molecule has 1 aliphatic rings. The summed E-state index contributed by atoms with van der Waals surface area (Å²) in [5.41, 5.74) is 1.19. The fraction of sp³-hybridized carbons (Fsp3) is 0.133. The standard InChI is InChI=1S/C15H11NO/c16-11-15(13-9-5-2-6-10-13)14(17-15)12-7-3-1-4-8-12/h1-10,14H. The number of ether oxygens (including phenoxy) is 1. The Morgan fingerprint density at radius 3 is 2.12 bits per heavy atom. The minimum absolute atomic E-state index is 0.143. The average Bonchev–Trinajstić information content (AvgIpc) is 3.17. The average molecular weight is 221 g/mol. The van der Waals surface area contributed by atoms with E-state index in [-0.39, 0.29) is 6.10 Å². The van der Waals surface area contributed by atoms with Crippen LogP contribution in [-0.2, 0) is 10.3 Å². The van der Waals surface area contributed by atoms with Crippen molar-refractivity contribution in [2.45, 2.75) is 11.7 Å². The van der Waals surface area contributed by atoms with Gasteiger partial charge in [0.2, 0.25) is 5.60 Å². The molecule has 0 spiro atoms. The summed E-state index contributed by atoms with van der Waals surface area (Å²) in [6.45, 7) is 0. The van der Waals surface area contributed by atoms with Gasteiger partial charge in [0, 0.05) is 5.56 Å². The maximum absolute atomic E-state index is 9.37. The van der Waals surface area contributed by atoms with Crippen LogP contribution in [0.1, 0.15) is 17.2 Å². The Bertz CT molecular complexity index is 558. The van der Waals surface area contributed by atoms with Crippen LogP contribution in [0.3, 0.4) is 0 Å². The Morgan fingerprint density at radius 1 is 0.941 bits per heavy atom. The molecule has 0 bridgehead atoms. The number of hydrogen-bond donors (Lipinski definition) is 0. The minimum Gasteiger partial charge on any atom is -0.340 e. The fourth-order valence-electron chi connectivity index (χ4n) is 2.14. The van der Waals surface area contributed by atoms with Gasteiger partial charge in [0.1, 0.15) is 12.2 Å². The lowest BCUT2D eigenvalue weighted by Gasteiger charge is -2.03. The molecular weight excluding hydrogens is 210 g/mol. The molecule has 1 saturated heterocycles. The van der Waals surface area contributed by atoms with Crippen molar-refractivity contribution in [2.24, 2.45) is 0 Å². The molecule has 0 aliphatic carbocycles. The SMILES string of the molecule is N#CC1(c2ccccc2)OC1c1ccccc1. The van der Waals surface area contributed by atoms with Crippen LogP contribution in [-0.4, -0.2) is 0 Å². The van der Waals surface area contributed by atoms with E-state index in [1.165, 1.54) is 0 Å². The van der Waals surface area contributed by atoms with E-state index in [4.69, 9.17) is 4.74 Å². The van der Waals surface area contributed by atoms with Gasteiger partial charge in [-0.15, -0.1) is 0 Å². The predicted octanol–water partition coefficient (Wildman–Crippen LogP) is 3.18. The summed E-state index contributed by atoms with van der Waals surface area (Å²) >= 11 is 0. The zero-order chi connectivity index (χ0) is 11.7. The number of nitrogens with zero attached hydrogens (tertiary/aromatic N) is 1. The second kappa shape index (κ2) is 3.73. The van der Waals surface area contributed by atoms with Crippen LogP contribution in [0.15, 0.2) is 60.7 Å². The number of nitriles is 1. The van der Waals surface area contributed by atoms with Crippen molar-refractivity contribution in [3.05, 3.63) is 71.8 Å². The van der Waals surface area contributed by atoms with Gasteiger partial charge >= 0.3 is 0 Å². The van der Waals surface area contributed by atoms with E-state index in [1.807, 2.05) is 60.7 Å². The Morgan fingerprint density at radius 2 is 1.53 bits per heavy atom. The Labute approximate surface area is 100 Å². The van der Waals surface area contributed by atoms with Gasteiger partial charge in [-0.25, -0.2) is 0 Å². The lowest BCUT2D eigenvalue weighted by Crippen LogP contribution is -2.06. The largest absolute Gasteiger partial charge is 0.340 e. The highest BCUT2D eigenvalue weighted by atomic mass is 16.6. The van der Waals surface area contributed by atoms with Gasteiger partial charge in [-0.1, -0.05) is 60.7 Å². The highest BCUT2D eigenvalue weighted by molar-refractivity contribution is 5.41. The molecule has 0 radical (unpaired) electrons. The molecule has 82 valence electrons. The summed E-state index contributed by atoms with van der Waals surface area (Å²) in [7, 11) is 0. The zero-order valence-electron chi connectivity index (χ0n) is 9.21. The molecule has 0 aromatic heterocycles. The van der Waals surface area contributed by atoms with Gasteiger partial charge in [-0.05, 0) is 5.56 Å². The lowest BCUT2D eigenvalue weighted by atomic mass is 9.93. The van der Waals surface area contributed by atoms with Gasteiger partial charge in [0.25, 0.3) is 0 Å². The van der Waals surface area contributed by atoms with Crippen LogP contribution < -0.4 is 0 Å². The van der Waals surface area contributed by atoms with Crippen molar-refractivity contribution in [2.75, 3.05) is 0 Å². The maximum Gasteiger partial charge on any atom is 0.210 e. The summed E-state index contributed by atoms with van der Waals surface area (Å²) < 4.78 is 5.66. The summed E-state index contributed by atoms with van der Waals surface area (Å²) in [5, 5.41) is 9.37. The first-order valence-corrected chi connectivity index (χ1v) is 5.56. The molecule has 3 rings (SSSR count). The van der Waals surface area contributed by atoms with Crippen LogP contribution in [0.25, 0.3) is 0 Å². The third-order valence-corrected chi connectivity index (χ3v) is 3.09. The van der Waals surface area contributed by atoms with Gasteiger partial charge in [-0.2, -0.15) is 5.26 Å². The van der Waals surface area contributed by atoms with Crippen LogP contribution in [0.5, 0.6) is 0 Å². The number of benzene rings is 2. The first-order chi connectivity index (χ1) is 8.37. The highest BCUT2D eigenvalue weighted by Gasteiger charge is 2.59. The van der Waals surface area contributed by atoms with Gasteiger partial charge in [0.15, 0.2) is 0 Å². The van der Waals surface area contributed by atoms with E-state index < -0.39 is 5.60 Å². The first-order valence-electron chi connectivity index (χ1n) is 5.56. The number of rotatable bonds is 2. The van der Waals surface area contributed by atoms with Crippen molar-refractivity contribution in [3.63, 3.8) is 0 Å². The molecule has 0 saturated carbocycles. The molecule has 2 aromatic rings. The summed E-state index contributed by atoms with van der Waals surface area (Å²) in [5.74, 6) is 0. The van der Waals surface area contributed by atoms with E-state index in [0.29, 0.717) is 0 Å². The van der Waals surface area contributed by atoms with E-state index in [0.717, 1.165) is 11.1 Å². The minimum atomic E-state index is -0.789. The molecule has 2 aromatic carbocycles. The lowest BCUT2D eigenvalue weighted by molar-refractivity contribution is 0.340. The van der Waals surface area contributed by atoms with Gasteiger partial charge in [0.05, 0.1) is 0 Å². The zero-order valence-corrected chi connectivity index (χ0v) is 9.21. The molecule has 1 aliphatic heterocycles. The molecule has 1 heterocycles. The van der Waals surface area contributed by atoms with E-state index in [9.17, 15) is 5.26 Å². The molecule has 2 nitrogen and oxygen atoms in total. The third kappa shape index (κ3) is 1.52. The Balaban J connectivity index is 1.97. The smallest absolute Gasteiger partial charge is 0.210 e. The number of epoxide rings is 1. The topological polar surface area (TPSA) is 36.3 Å². The summed E-state index contributed by atoms with van der Waals surface area (Å²) in [6.07, 6.45) is -0.143. The normalized spacial score (nSPS) is 26.2. The first kappa shape index (κ1) is 10.1. The monoisotopic (exact) mass is 221 g/mol. The molecular formula is C15H11NO. The highest BCUT2D eigenvalue weighted by Crippen LogP contribution is 2.56. The molecule has 2 atom stereocenters. The quantitative estimate of drug-likeness (QED) is 0.730. The van der Waals surface area contributed by atoms with E-state index in [2.05, 4.69) is 6.07 Å². The molecule has 17 heavy (non-hydrogen) atoms. The van der Waals surface area contributed by atoms with Crippen LogP contribution >= 0.6 is 0 Å². The second-order valence-corrected chi connectivity index (χ2v) is 4.12. The summed E-state index contributed by atoms with van der Waals surface area (Å²) in [6, 6.07) is 21.8. The molecule has 0 amide bonds. The molecule has 0 N–H and O–H groups in total. The fourth-order valence-corrected chi connectivity index (χ4v) is 2.14. The van der Waals surface area contributed by atoms with Crippen LogP contribution in [0, 0.1) is 11.3 Å². The maximum atomic E-state index is 9.37. The van der Waals surface area contributed by atoms with Gasteiger partial charge in [-0.3, -0.25) is 0 Å². The molecule has 2 heteroatoms. The van der Waals surface area contributed by atoms with Crippen LogP contribution in [0.4, 0.5) is 0 Å². The van der Waals surface area contributed by atoms with Crippen molar-refractivity contribution < 1.29 is 4.74 Å². The van der Waals surface area contributed by atoms with Crippen molar-refractivity contribution >= 4 is 0 Å². The predicted molar refractivity (Wildman–Crippen MR) is 64.0 cm³/mol. The second-order valence-electron chi connectivity index (χ2n) is 4.12. The summed E-state index contributed by atoms with van der Waals surface area (Å²) in [4.78, 5) is 0. The van der Waals surface area contributed by atoms with E-state index >= 15 is 0 Å². The molecule has 2 unspecified atom stereocenters. The van der Waals surface area contributed by atoms with E-state index in [1.54, 1.807) is 0 Å². The van der Waals surface area contributed by atoms with Crippen molar-refractivity contribution in [3.8, 4) is 6.07 Å². The number of hydrogen-bond acceptors (Lipinski definition) is 2. The van der Waals surface area contributed by atoms with Crippen LogP contribution in [0.2, 0.25) is 0 Å².